The van der Waals surface area contributed by atoms with Crippen LogP contribution in [0.15, 0.2) is 24.3 Å². The van der Waals surface area contributed by atoms with Gasteiger partial charge in [-0.2, -0.15) is 0 Å². The molecule has 5 heteroatoms. The lowest BCUT2D eigenvalue weighted by Gasteiger charge is -2.08. The molecule has 0 aliphatic carbocycles. The van der Waals surface area contributed by atoms with Gasteiger partial charge in [0.15, 0.2) is 0 Å². The maximum Gasteiger partial charge on any atom is 0.339 e. The number of benzene rings is 1. The molecule has 19 heavy (non-hydrogen) atoms. The van der Waals surface area contributed by atoms with Crippen LogP contribution in [0.25, 0.3) is 6.08 Å². The highest BCUT2D eigenvalue weighted by Crippen LogP contribution is 2.25. The first kappa shape index (κ1) is 14.8. The number of carboxylic acids is 1. The first-order valence-corrected chi connectivity index (χ1v) is 5.82. The van der Waals surface area contributed by atoms with Crippen LogP contribution in [-0.4, -0.2) is 30.8 Å². The van der Waals surface area contributed by atoms with Gasteiger partial charge in [0.2, 0.25) is 0 Å². The van der Waals surface area contributed by atoms with Crippen LogP contribution in [0.5, 0.6) is 5.75 Å². The number of esters is 1. The van der Waals surface area contributed by atoms with Crippen molar-refractivity contribution in [2.24, 2.45) is 0 Å². The van der Waals surface area contributed by atoms with Crippen LogP contribution in [0.4, 0.5) is 0 Å². The number of methoxy groups -OCH3 is 1. The number of para-hydroxylation sites is 1. The van der Waals surface area contributed by atoms with Crippen LogP contribution in [0.1, 0.15) is 29.3 Å². The zero-order valence-corrected chi connectivity index (χ0v) is 10.9. The van der Waals surface area contributed by atoms with E-state index in [9.17, 15) is 9.59 Å². The number of hydrogen-bond donors (Lipinski definition) is 1. The molecule has 0 fully saturated rings. The van der Waals surface area contributed by atoms with Crippen molar-refractivity contribution in [3.05, 3.63) is 35.4 Å². The molecule has 0 amide bonds. The van der Waals surface area contributed by atoms with Crippen molar-refractivity contribution in [2.45, 2.75) is 13.3 Å². The lowest BCUT2D eigenvalue weighted by atomic mass is 10.1. The molecule has 0 unspecified atom stereocenters. The Morgan fingerprint density at radius 2 is 2.11 bits per heavy atom. The van der Waals surface area contributed by atoms with Gasteiger partial charge in [0, 0.05) is 5.56 Å². The fraction of sp³-hybridized carbons (Fsp3) is 0.286. The Morgan fingerprint density at radius 3 is 2.68 bits per heavy atom. The Bertz CT molecular complexity index is 491. The fourth-order valence-corrected chi connectivity index (χ4v) is 1.58. The van der Waals surface area contributed by atoms with E-state index in [1.807, 2.05) is 0 Å². The maximum atomic E-state index is 11.2. The number of hydrogen-bond acceptors (Lipinski definition) is 4. The average Bonchev–Trinajstić information content (AvgIpc) is 2.38. The van der Waals surface area contributed by atoms with E-state index in [-0.39, 0.29) is 23.7 Å². The van der Waals surface area contributed by atoms with Gasteiger partial charge in [-0.15, -0.1) is 0 Å². The van der Waals surface area contributed by atoms with E-state index in [2.05, 4.69) is 0 Å². The van der Waals surface area contributed by atoms with E-state index in [1.165, 1.54) is 13.2 Å². The first-order chi connectivity index (χ1) is 9.10. The van der Waals surface area contributed by atoms with Gasteiger partial charge in [-0.25, -0.2) is 4.79 Å². The molecule has 1 N–H and O–H groups in total. The molecule has 0 aliphatic rings. The molecule has 0 aromatic heterocycles. The molecule has 1 aromatic carbocycles. The molecular weight excluding hydrogens is 248 g/mol. The summed E-state index contributed by atoms with van der Waals surface area (Å²) in [6.45, 7) is 2.07. The standard InChI is InChI=1S/C14H16O5/c1-3-19-12(15)9-5-7-10-6-4-8-11(14(16)17)13(10)18-2/h4-8H,3,9H2,1-2H3,(H,16,17). The number of aromatic carboxylic acids is 1. The summed E-state index contributed by atoms with van der Waals surface area (Å²) in [6, 6.07) is 4.80. The molecule has 0 spiro atoms. The van der Waals surface area contributed by atoms with Crippen LogP contribution >= 0.6 is 0 Å². The molecule has 1 aromatic rings. The Morgan fingerprint density at radius 1 is 1.37 bits per heavy atom. The molecule has 5 nitrogen and oxygen atoms in total. The summed E-state index contributed by atoms with van der Waals surface area (Å²) < 4.78 is 9.88. The molecule has 0 bridgehead atoms. The van der Waals surface area contributed by atoms with Gasteiger partial charge in [0.05, 0.1) is 20.1 Å². The highest BCUT2D eigenvalue weighted by molar-refractivity contribution is 5.92. The second kappa shape index (κ2) is 7.20. The van der Waals surface area contributed by atoms with Crippen molar-refractivity contribution >= 4 is 18.0 Å². The monoisotopic (exact) mass is 264 g/mol. The van der Waals surface area contributed by atoms with Crippen molar-refractivity contribution in [1.82, 2.24) is 0 Å². The SMILES string of the molecule is CCOC(=O)CC=Cc1cccc(C(=O)O)c1OC. The van der Waals surface area contributed by atoms with E-state index < -0.39 is 5.97 Å². The second-order valence-corrected chi connectivity index (χ2v) is 3.64. The number of carbonyl (C=O) groups is 2. The third kappa shape index (κ3) is 4.13. The van der Waals surface area contributed by atoms with Gasteiger partial charge in [-0.1, -0.05) is 24.3 Å². The Balaban J connectivity index is 2.89. The lowest BCUT2D eigenvalue weighted by Crippen LogP contribution is -2.02. The molecule has 0 atom stereocenters. The topological polar surface area (TPSA) is 72.8 Å². The maximum absolute atomic E-state index is 11.2. The lowest BCUT2D eigenvalue weighted by molar-refractivity contribution is -0.142. The van der Waals surface area contributed by atoms with E-state index in [4.69, 9.17) is 14.6 Å². The van der Waals surface area contributed by atoms with Crippen LogP contribution in [0.2, 0.25) is 0 Å². The quantitative estimate of drug-likeness (QED) is 0.798. The minimum atomic E-state index is -1.06. The average molecular weight is 264 g/mol. The summed E-state index contributed by atoms with van der Waals surface area (Å²) in [4.78, 5) is 22.2. The molecule has 0 radical (unpaired) electrons. The van der Waals surface area contributed by atoms with Crippen LogP contribution < -0.4 is 4.74 Å². The van der Waals surface area contributed by atoms with Crippen molar-refractivity contribution in [3.8, 4) is 5.75 Å². The number of ether oxygens (including phenoxy) is 2. The van der Waals surface area contributed by atoms with Crippen LogP contribution in [0.3, 0.4) is 0 Å². The Hall–Kier alpha value is -2.30. The Kier molecular flexibility index (Phi) is 5.60. The normalized spacial score (nSPS) is 10.4. The summed E-state index contributed by atoms with van der Waals surface area (Å²) in [5.74, 6) is -1.11. The van der Waals surface area contributed by atoms with Gasteiger partial charge < -0.3 is 14.6 Å². The molecule has 102 valence electrons. The van der Waals surface area contributed by atoms with E-state index >= 15 is 0 Å². The summed E-state index contributed by atoms with van der Waals surface area (Å²) in [7, 11) is 1.41. The molecule has 0 saturated carbocycles. The zero-order chi connectivity index (χ0) is 14.3. The minimum Gasteiger partial charge on any atom is -0.495 e. The Labute approximate surface area is 111 Å². The second-order valence-electron chi connectivity index (χ2n) is 3.64. The smallest absolute Gasteiger partial charge is 0.339 e. The van der Waals surface area contributed by atoms with E-state index in [0.29, 0.717) is 12.2 Å². The summed E-state index contributed by atoms with van der Waals surface area (Å²) >= 11 is 0. The fourth-order valence-electron chi connectivity index (χ4n) is 1.58. The predicted molar refractivity (Wildman–Crippen MR) is 70.2 cm³/mol. The van der Waals surface area contributed by atoms with Gasteiger partial charge in [0.1, 0.15) is 11.3 Å². The third-order valence-corrected chi connectivity index (χ3v) is 2.37. The van der Waals surface area contributed by atoms with E-state index in [1.54, 1.807) is 31.2 Å². The highest BCUT2D eigenvalue weighted by Gasteiger charge is 2.12. The van der Waals surface area contributed by atoms with E-state index in [0.717, 1.165) is 0 Å². The third-order valence-electron chi connectivity index (χ3n) is 2.37. The van der Waals surface area contributed by atoms with Crippen LogP contribution in [-0.2, 0) is 9.53 Å². The predicted octanol–water partition coefficient (Wildman–Crippen LogP) is 2.36. The zero-order valence-electron chi connectivity index (χ0n) is 10.9. The highest BCUT2D eigenvalue weighted by atomic mass is 16.5. The minimum absolute atomic E-state index is 0.0841. The summed E-state index contributed by atoms with van der Waals surface area (Å²) in [5.41, 5.74) is 0.687. The summed E-state index contributed by atoms with van der Waals surface area (Å²) in [6.07, 6.45) is 3.39. The van der Waals surface area contributed by atoms with Crippen molar-refractivity contribution in [2.75, 3.05) is 13.7 Å². The molecule has 0 saturated heterocycles. The molecule has 1 rings (SSSR count). The molecule has 0 aliphatic heterocycles. The van der Waals surface area contributed by atoms with Gasteiger partial charge >= 0.3 is 11.9 Å². The van der Waals surface area contributed by atoms with Crippen LogP contribution in [0, 0.1) is 0 Å². The first-order valence-electron chi connectivity index (χ1n) is 5.82. The van der Waals surface area contributed by atoms with Crippen molar-refractivity contribution in [1.29, 1.82) is 0 Å². The number of carbonyl (C=O) groups excluding carboxylic acids is 1. The van der Waals surface area contributed by atoms with Crippen molar-refractivity contribution < 1.29 is 24.2 Å². The number of carboxylic acid groups (broad SMARTS) is 1. The molecular formula is C14H16O5. The number of rotatable bonds is 6. The van der Waals surface area contributed by atoms with Gasteiger partial charge in [0.25, 0.3) is 0 Å². The summed E-state index contributed by atoms with van der Waals surface area (Å²) in [5, 5.41) is 9.03. The van der Waals surface area contributed by atoms with Gasteiger partial charge in [-0.3, -0.25) is 4.79 Å². The molecule has 0 heterocycles. The van der Waals surface area contributed by atoms with Crippen molar-refractivity contribution in [3.63, 3.8) is 0 Å². The van der Waals surface area contributed by atoms with Gasteiger partial charge in [-0.05, 0) is 13.0 Å². The largest absolute Gasteiger partial charge is 0.495 e.